The average Bonchev–Trinajstić information content (AvgIpc) is 3.15. The molecule has 33 heavy (non-hydrogen) atoms. The first-order valence-electron chi connectivity index (χ1n) is 10.5. The average molecular weight is 478 g/mol. The number of anilines is 2. The highest BCUT2D eigenvalue weighted by atomic mass is 32.2. The lowest BCUT2D eigenvalue weighted by molar-refractivity contribution is -0.137. The van der Waals surface area contributed by atoms with Gasteiger partial charge < -0.3 is 15.2 Å². The smallest absolute Gasteiger partial charge is 0.378 e. The van der Waals surface area contributed by atoms with E-state index in [4.69, 9.17) is 0 Å². The first kappa shape index (κ1) is 24.6. The third-order valence-corrected chi connectivity index (χ3v) is 6.21. The van der Waals surface area contributed by atoms with Gasteiger partial charge >= 0.3 is 6.18 Å². The summed E-state index contributed by atoms with van der Waals surface area (Å²) in [6.45, 7) is 8.35. The summed E-state index contributed by atoms with van der Waals surface area (Å²) in [4.78, 5) is 12.8. The molecule has 176 valence electrons. The van der Waals surface area contributed by atoms with Gasteiger partial charge in [0.15, 0.2) is 11.0 Å². The summed E-state index contributed by atoms with van der Waals surface area (Å²) in [6, 6.07) is 10.8. The van der Waals surface area contributed by atoms with E-state index in [1.54, 1.807) is 13.0 Å². The highest BCUT2D eigenvalue weighted by molar-refractivity contribution is 8.00. The van der Waals surface area contributed by atoms with Gasteiger partial charge in [-0.3, -0.25) is 4.79 Å². The number of alkyl halides is 3. The first-order valence-corrected chi connectivity index (χ1v) is 11.3. The third kappa shape index (κ3) is 6.07. The van der Waals surface area contributed by atoms with Gasteiger partial charge in [0.25, 0.3) is 0 Å². The molecule has 0 unspecified atom stereocenters. The fourth-order valence-corrected chi connectivity index (χ4v) is 4.22. The monoisotopic (exact) mass is 477 g/mol. The molecule has 1 aromatic heterocycles. The Bertz CT molecular complexity index is 1110. The standard InChI is InChI=1S/C23H26F3N5OS/c1-5-31-19(13-27-18-11-7-10-17(12-18)23(24,25)26)29-30-22(31)33-16(4)21(32)28-20-14(2)8-6-9-15(20)3/h6-12,16,27H,5,13H2,1-4H3,(H,28,32)/t16-/m0/s1. The van der Waals surface area contributed by atoms with Crippen LogP contribution < -0.4 is 10.6 Å². The van der Waals surface area contributed by atoms with Crippen molar-refractivity contribution in [1.29, 1.82) is 0 Å². The SMILES string of the molecule is CCn1c(CNc2cccc(C(F)(F)F)c2)nnc1S[C@@H](C)C(=O)Nc1c(C)cccc1C. The molecule has 0 aliphatic rings. The second kappa shape index (κ2) is 10.3. The van der Waals surface area contributed by atoms with Crippen LogP contribution in [0.25, 0.3) is 0 Å². The number of hydrogen-bond donors (Lipinski definition) is 2. The third-order valence-electron chi connectivity index (χ3n) is 5.13. The molecule has 1 atom stereocenters. The van der Waals surface area contributed by atoms with Crippen LogP contribution in [-0.4, -0.2) is 25.9 Å². The van der Waals surface area contributed by atoms with Gasteiger partial charge in [-0.25, -0.2) is 0 Å². The van der Waals surface area contributed by atoms with Gasteiger partial charge in [-0.1, -0.05) is 36.0 Å². The van der Waals surface area contributed by atoms with Crippen LogP contribution in [0.1, 0.15) is 36.4 Å². The number of carbonyl (C=O) groups is 1. The highest BCUT2D eigenvalue weighted by Gasteiger charge is 2.30. The minimum atomic E-state index is -4.40. The maximum absolute atomic E-state index is 12.9. The molecule has 0 spiro atoms. The van der Waals surface area contributed by atoms with Crippen molar-refractivity contribution in [3.63, 3.8) is 0 Å². The minimum Gasteiger partial charge on any atom is -0.378 e. The highest BCUT2D eigenvalue weighted by Crippen LogP contribution is 2.31. The number of hydrogen-bond acceptors (Lipinski definition) is 5. The van der Waals surface area contributed by atoms with Crippen LogP contribution in [0.15, 0.2) is 47.6 Å². The Balaban J connectivity index is 1.67. The van der Waals surface area contributed by atoms with E-state index in [-0.39, 0.29) is 12.5 Å². The van der Waals surface area contributed by atoms with E-state index in [1.807, 2.05) is 43.5 Å². The first-order chi connectivity index (χ1) is 15.6. The molecule has 0 bridgehead atoms. The van der Waals surface area contributed by atoms with Crippen molar-refractivity contribution in [1.82, 2.24) is 14.8 Å². The zero-order chi connectivity index (χ0) is 24.2. The summed E-state index contributed by atoms with van der Waals surface area (Å²) >= 11 is 1.28. The summed E-state index contributed by atoms with van der Waals surface area (Å²) in [7, 11) is 0. The number of nitrogens with zero attached hydrogens (tertiary/aromatic N) is 3. The Kier molecular flexibility index (Phi) is 7.68. The van der Waals surface area contributed by atoms with Crippen molar-refractivity contribution in [2.24, 2.45) is 0 Å². The van der Waals surface area contributed by atoms with Gasteiger partial charge in [0.05, 0.1) is 17.4 Å². The number of benzene rings is 2. The molecular formula is C23H26F3N5OS. The molecule has 0 aliphatic carbocycles. The number of aryl methyl sites for hydroxylation is 2. The lowest BCUT2D eigenvalue weighted by Crippen LogP contribution is -2.24. The number of amides is 1. The molecule has 0 saturated carbocycles. The number of thioether (sulfide) groups is 1. The molecular weight excluding hydrogens is 451 g/mol. The van der Waals surface area contributed by atoms with E-state index >= 15 is 0 Å². The molecule has 3 rings (SSSR count). The minimum absolute atomic E-state index is 0.147. The topological polar surface area (TPSA) is 71.8 Å². The quantitative estimate of drug-likeness (QED) is 0.410. The predicted molar refractivity (Wildman–Crippen MR) is 124 cm³/mol. The number of carbonyl (C=O) groups excluding carboxylic acids is 1. The van der Waals surface area contributed by atoms with Crippen molar-refractivity contribution in [3.8, 4) is 0 Å². The van der Waals surface area contributed by atoms with Crippen molar-refractivity contribution < 1.29 is 18.0 Å². The number of nitrogens with one attached hydrogen (secondary N) is 2. The molecule has 1 heterocycles. The molecule has 6 nitrogen and oxygen atoms in total. The van der Waals surface area contributed by atoms with Gasteiger partial charge in [-0.15, -0.1) is 10.2 Å². The van der Waals surface area contributed by atoms with Gasteiger partial charge in [0, 0.05) is 17.9 Å². The maximum Gasteiger partial charge on any atom is 0.416 e. The lowest BCUT2D eigenvalue weighted by atomic mass is 10.1. The molecule has 0 aliphatic heterocycles. The van der Waals surface area contributed by atoms with E-state index < -0.39 is 17.0 Å². The number of aromatic nitrogens is 3. The lowest BCUT2D eigenvalue weighted by Gasteiger charge is -2.15. The molecule has 1 amide bonds. The van der Waals surface area contributed by atoms with Crippen LogP contribution in [0.5, 0.6) is 0 Å². The van der Waals surface area contributed by atoms with E-state index in [0.29, 0.717) is 23.2 Å². The summed E-state index contributed by atoms with van der Waals surface area (Å²) < 4.78 is 40.6. The molecule has 0 saturated heterocycles. The van der Waals surface area contributed by atoms with Crippen molar-refractivity contribution in [2.45, 2.75) is 57.4 Å². The Morgan fingerprint density at radius 3 is 2.42 bits per heavy atom. The van der Waals surface area contributed by atoms with Crippen LogP contribution in [0, 0.1) is 13.8 Å². The second-order valence-electron chi connectivity index (χ2n) is 7.59. The number of para-hydroxylation sites is 1. The summed E-state index contributed by atoms with van der Waals surface area (Å²) in [5.74, 6) is 0.423. The largest absolute Gasteiger partial charge is 0.416 e. The molecule has 2 aromatic carbocycles. The van der Waals surface area contributed by atoms with Crippen LogP contribution in [0.3, 0.4) is 0 Å². The van der Waals surface area contributed by atoms with Crippen LogP contribution in [0.4, 0.5) is 24.5 Å². The number of rotatable bonds is 8. The predicted octanol–water partition coefficient (Wildman–Crippen LogP) is 5.67. The summed E-state index contributed by atoms with van der Waals surface area (Å²) in [5, 5.41) is 14.5. The van der Waals surface area contributed by atoms with E-state index in [0.717, 1.165) is 28.9 Å². The van der Waals surface area contributed by atoms with Crippen LogP contribution in [0.2, 0.25) is 0 Å². The van der Waals surface area contributed by atoms with Crippen molar-refractivity contribution >= 4 is 29.0 Å². The Hall–Kier alpha value is -3.01. The molecule has 2 N–H and O–H groups in total. The Labute approximate surface area is 195 Å². The van der Waals surface area contributed by atoms with E-state index in [9.17, 15) is 18.0 Å². The Morgan fingerprint density at radius 1 is 1.12 bits per heavy atom. The summed E-state index contributed by atoms with van der Waals surface area (Å²) in [6.07, 6.45) is -4.40. The molecule has 3 aromatic rings. The van der Waals surface area contributed by atoms with E-state index in [2.05, 4.69) is 20.8 Å². The molecule has 0 radical (unpaired) electrons. The van der Waals surface area contributed by atoms with Crippen molar-refractivity contribution in [3.05, 3.63) is 65.0 Å². The zero-order valence-electron chi connectivity index (χ0n) is 18.8. The second-order valence-corrected chi connectivity index (χ2v) is 8.90. The van der Waals surface area contributed by atoms with E-state index in [1.165, 1.54) is 17.8 Å². The Morgan fingerprint density at radius 2 is 1.79 bits per heavy atom. The summed E-state index contributed by atoms with van der Waals surface area (Å²) in [5.41, 5.74) is 2.40. The fraction of sp³-hybridized carbons (Fsp3) is 0.348. The van der Waals surface area contributed by atoms with Gasteiger partial charge in [-0.05, 0) is 57.0 Å². The van der Waals surface area contributed by atoms with Crippen LogP contribution >= 0.6 is 11.8 Å². The maximum atomic E-state index is 12.9. The van der Waals surface area contributed by atoms with Gasteiger partial charge in [-0.2, -0.15) is 13.2 Å². The molecule has 0 fully saturated rings. The van der Waals surface area contributed by atoms with Crippen LogP contribution in [-0.2, 0) is 24.1 Å². The zero-order valence-corrected chi connectivity index (χ0v) is 19.6. The molecule has 10 heteroatoms. The fourth-order valence-electron chi connectivity index (χ4n) is 3.29. The van der Waals surface area contributed by atoms with Crippen molar-refractivity contribution in [2.75, 3.05) is 10.6 Å². The van der Waals surface area contributed by atoms with Gasteiger partial charge in [0.2, 0.25) is 5.91 Å². The number of halogens is 3. The van der Waals surface area contributed by atoms with Gasteiger partial charge in [0.1, 0.15) is 0 Å². The normalized spacial score (nSPS) is 12.5.